The van der Waals surface area contributed by atoms with Crippen LogP contribution in [0.2, 0.25) is 0 Å². The van der Waals surface area contributed by atoms with Crippen molar-refractivity contribution in [3.8, 4) is 5.75 Å². The summed E-state index contributed by atoms with van der Waals surface area (Å²) in [6, 6.07) is 4.86. The van der Waals surface area contributed by atoms with Gasteiger partial charge in [-0.3, -0.25) is 4.79 Å². The smallest absolute Gasteiger partial charge is 0.321 e. The summed E-state index contributed by atoms with van der Waals surface area (Å²) in [5, 5.41) is 2.81. The number of methoxy groups -OCH3 is 1. The van der Waals surface area contributed by atoms with Crippen molar-refractivity contribution in [3.63, 3.8) is 0 Å². The van der Waals surface area contributed by atoms with Crippen molar-refractivity contribution < 1.29 is 18.7 Å². The molecule has 0 saturated carbocycles. The highest BCUT2D eigenvalue weighted by molar-refractivity contribution is 5.98. The van der Waals surface area contributed by atoms with Gasteiger partial charge in [0, 0.05) is 25.2 Å². The third kappa shape index (κ3) is 3.86. The number of ether oxygens (including phenoxy) is 1. The summed E-state index contributed by atoms with van der Waals surface area (Å²) >= 11 is 0. The molecule has 2 fully saturated rings. The lowest BCUT2D eigenvalue weighted by atomic mass is 9.97. The Hall–Kier alpha value is -2.31. The van der Waals surface area contributed by atoms with Crippen molar-refractivity contribution in [2.75, 3.05) is 37.0 Å². The molecule has 0 spiro atoms. The minimum Gasteiger partial charge on any atom is -0.495 e. The zero-order valence-electron chi connectivity index (χ0n) is 14.7. The lowest BCUT2D eigenvalue weighted by Crippen LogP contribution is -2.48. The second kappa shape index (κ2) is 6.90. The van der Waals surface area contributed by atoms with Crippen LogP contribution in [0.15, 0.2) is 18.2 Å². The minimum absolute atomic E-state index is 0.0472. The Balaban J connectivity index is 1.76. The molecule has 1 N–H and O–H groups in total. The van der Waals surface area contributed by atoms with E-state index in [0.29, 0.717) is 49.5 Å². The van der Waals surface area contributed by atoms with Gasteiger partial charge in [-0.05, 0) is 44.4 Å². The van der Waals surface area contributed by atoms with Gasteiger partial charge in [-0.25, -0.2) is 9.18 Å². The first-order valence-electron chi connectivity index (χ1n) is 8.63. The first-order chi connectivity index (χ1) is 11.9. The Labute approximate surface area is 146 Å². The highest BCUT2D eigenvalue weighted by atomic mass is 19.1. The highest BCUT2D eigenvalue weighted by Gasteiger charge is 2.33. The van der Waals surface area contributed by atoms with Gasteiger partial charge >= 0.3 is 6.03 Å². The SMILES string of the molecule is COc1ccc(NC(=O)N2CCC[C@](C)(F)C2)cc1N1CCCC1=O. The number of benzene rings is 1. The number of hydrogen-bond donors (Lipinski definition) is 1. The van der Waals surface area contributed by atoms with Crippen molar-refractivity contribution >= 4 is 23.3 Å². The van der Waals surface area contributed by atoms with Crippen LogP contribution in [-0.4, -0.2) is 49.3 Å². The molecule has 2 saturated heterocycles. The molecule has 0 unspecified atom stereocenters. The molecule has 2 aliphatic rings. The van der Waals surface area contributed by atoms with Gasteiger partial charge in [0.2, 0.25) is 5.91 Å². The van der Waals surface area contributed by atoms with Crippen LogP contribution in [0.3, 0.4) is 0 Å². The number of piperidine rings is 1. The Bertz CT molecular complexity index is 678. The van der Waals surface area contributed by atoms with E-state index in [1.54, 1.807) is 30.2 Å². The molecular formula is C18H24FN3O3. The first-order valence-corrected chi connectivity index (χ1v) is 8.63. The van der Waals surface area contributed by atoms with Crippen LogP contribution in [-0.2, 0) is 4.79 Å². The van der Waals surface area contributed by atoms with Crippen LogP contribution in [0.5, 0.6) is 5.75 Å². The molecule has 3 amide bonds. The number of alkyl halides is 1. The molecule has 1 aromatic carbocycles. The summed E-state index contributed by atoms with van der Waals surface area (Å²) in [4.78, 5) is 27.6. The van der Waals surface area contributed by atoms with Crippen molar-refractivity contribution in [2.45, 2.75) is 38.3 Å². The summed E-state index contributed by atoms with van der Waals surface area (Å²) < 4.78 is 19.5. The number of carbonyl (C=O) groups is 2. The van der Waals surface area contributed by atoms with Gasteiger partial charge < -0.3 is 19.9 Å². The number of hydrogen-bond acceptors (Lipinski definition) is 3. The summed E-state index contributed by atoms with van der Waals surface area (Å²) in [5.41, 5.74) is -0.133. The normalized spacial score (nSPS) is 23.7. The monoisotopic (exact) mass is 349 g/mol. The van der Waals surface area contributed by atoms with Gasteiger partial charge in [0.15, 0.2) is 0 Å². The highest BCUT2D eigenvalue weighted by Crippen LogP contribution is 2.34. The molecule has 7 heteroatoms. The number of carbonyl (C=O) groups excluding carboxylic acids is 2. The fraction of sp³-hybridized carbons (Fsp3) is 0.556. The maximum absolute atomic E-state index is 14.1. The second-order valence-corrected chi connectivity index (χ2v) is 6.90. The number of nitrogens with one attached hydrogen (secondary N) is 1. The number of nitrogens with zero attached hydrogens (tertiary/aromatic N) is 2. The third-order valence-electron chi connectivity index (χ3n) is 4.73. The lowest BCUT2D eigenvalue weighted by Gasteiger charge is -2.35. The molecule has 136 valence electrons. The fourth-order valence-electron chi connectivity index (χ4n) is 3.45. The maximum Gasteiger partial charge on any atom is 0.321 e. The Morgan fingerprint density at radius 2 is 2.12 bits per heavy atom. The quantitative estimate of drug-likeness (QED) is 0.912. The van der Waals surface area contributed by atoms with Crippen molar-refractivity contribution in [1.29, 1.82) is 0 Å². The van der Waals surface area contributed by atoms with Crippen molar-refractivity contribution in [3.05, 3.63) is 18.2 Å². The second-order valence-electron chi connectivity index (χ2n) is 6.90. The summed E-state index contributed by atoms with van der Waals surface area (Å²) in [7, 11) is 1.55. The average molecular weight is 349 g/mol. The van der Waals surface area contributed by atoms with E-state index >= 15 is 0 Å². The molecular weight excluding hydrogens is 325 g/mol. The summed E-state index contributed by atoms with van der Waals surface area (Å²) in [6.45, 7) is 2.79. The topological polar surface area (TPSA) is 61.9 Å². The molecule has 6 nitrogen and oxygen atoms in total. The van der Waals surface area contributed by atoms with Gasteiger partial charge in [0.1, 0.15) is 11.4 Å². The number of rotatable bonds is 3. The van der Waals surface area contributed by atoms with Gasteiger partial charge in [0.25, 0.3) is 0 Å². The van der Waals surface area contributed by atoms with Crippen LogP contribution < -0.4 is 15.0 Å². The molecule has 2 heterocycles. The predicted octanol–water partition coefficient (Wildman–Crippen LogP) is 3.18. The van der Waals surface area contributed by atoms with E-state index in [4.69, 9.17) is 4.74 Å². The Morgan fingerprint density at radius 3 is 2.76 bits per heavy atom. The predicted molar refractivity (Wildman–Crippen MR) is 93.9 cm³/mol. The zero-order chi connectivity index (χ0) is 18.0. The van der Waals surface area contributed by atoms with Crippen LogP contribution in [0.1, 0.15) is 32.6 Å². The number of likely N-dealkylation sites (tertiary alicyclic amines) is 1. The van der Waals surface area contributed by atoms with E-state index in [-0.39, 0.29) is 18.5 Å². The van der Waals surface area contributed by atoms with E-state index < -0.39 is 5.67 Å². The summed E-state index contributed by atoms with van der Waals surface area (Å²) in [6.07, 6.45) is 2.45. The Morgan fingerprint density at radius 1 is 1.32 bits per heavy atom. The molecule has 0 aliphatic carbocycles. The van der Waals surface area contributed by atoms with Gasteiger partial charge in [-0.15, -0.1) is 0 Å². The maximum atomic E-state index is 14.1. The molecule has 0 bridgehead atoms. The molecule has 0 aromatic heterocycles. The number of anilines is 2. The molecule has 1 atom stereocenters. The standard InChI is InChI=1S/C18H24FN3O3/c1-18(19)8-4-9-21(12-18)17(24)20-13-6-7-15(25-2)14(11-13)22-10-3-5-16(22)23/h6-7,11H,3-5,8-10,12H2,1-2H3,(H,20,24)/t18-/m0/s1. The zero-order valence-corrected chi connectivity index (χ0v) is 14.7. The number of amides is 3. The fourth-order valence-corrected chi connectivity index (χ4v) is 3.45. The van der Waals surface area contributed by atoms with Crippen LogP contribution in [0.25, 0.3) is 0 Å². The molecule has 1 aromatic rings. The van der Waals surface area contributed by atoms with Crippen LogP contribution >= 0.6 is 0 Å². The van der Waals surface area contributed by atoms with Crippen LogP contribution in [0, 0.1) is 0 Å². The number of urea groups is 1. The molecule has 0 radical (unpaired) electrons. The van der Waals surface area contributed by atoms with Gasteiger partial charge in [-0.1, -0.05) is 0 Å². The van der Waals surface area contributed by atoms with E-state index in [9.17, 15) is 14.0 Å². The van der Waals surface area contributed by atoms with Crippen LogP contribution in [0.4, 0.5) is 20.6 Å². The first kappa shape index (κ1) is 17.5. The Kier molecular flexibility index (Phi) is 4.83. The van der Waals surface area contributed by atoms with E-state index in [1.807, 2.05) is 0 Å². The van der Waals surface area contributed by atoms with Crippen molar-refractivity contribution in [1.82, 2.24) is 4.90 Å². The van der Waals surface area contributed by atoms with E-state index in [2.05, 4.69) is 5.32 Å². The molecule has 2 aliphatic heterocycles. The average Bonchev–Trinajstić information content (AvgIpc) is 2.99. The third-order valence-corrected chi connectivity index (χ3v) is 4.73. The number of halogens is 1. The van der Waals surface area contributed by atoms with E-state index in [1.165, 1.54) is 11.8 Å². The van der Waals surface area contributed by atoms with E-state index in [0.717, 1.165) is 6.42 Å². The van der Waals surface area contributed by atoms with Crippen molar-refractivity contribution in [2.24, 2.45) is 0 Å². The lowest BCUT2D eigenvalue weighted by molar-refractivity contribution is -0.117. The summed E-state index contributed by atoms with van der Waals surface area (Å²) in [5.74, 6) is 0.633. The van der Waals surface area contributed by atoms with Gasteiger partial charge in [0.05, 0.1) is 19.3 Å². The largest absolute Gasteiger partial charge is 0.495 e. The van der Waals surface area contributed by atoms with Gasteiger partial charge in [-0.2, -0.15) is 0 Å². The molecule has 25 heavy (non-hydrogen) atoms. The minimum atomic E-state index is -1.34. The molecule has 3 rings (SSSR count).